The van der Waals surface area contributed by atoms with Gasteiger partial charge < -0.3 is 15.0 Å². The number of hydrogen-bond donors (Lipinski definition) is 1. The number of nitrogens with zero attached hydrogens (tertiary/aromatic N) is 2. The van der Waals surface area contributed by atoms with Crippen molar-refractivity contribution in [2.75, 3.05) is 18.4 Å². The fraction of sp³-hybridized carbons (Fsp3) is 0.233. The molecule has 4 aromatic rings. The third kappa shape index (κ3) is 6.46. The molecule has 0 spiro atoms. The topological polar surface area (TPSA) is 71.5 Å². The van der Waals surface area contributed by atoms with Crippen molar-refractivity contribution in [1.29, 1.82) is 0 Å². The van der Waals surface area contributed by atoms with E-state index in [9.17, 15) is 14.0 Å². The van der Waals surface area contributed by atoms with Gasteiger partial charge >= 0.3 is 0 Å². The Morgan fingerprint density at radius 2 is 1.79 bits per heavy atom. The van der Waals surface area contributed by atoms with Gasteiger partial charge in [-0.05, 0) is 67.8 Å². The summed E-state index contributed by atoms with van der Waals surface area (Å²) >= 11 is 7.43. The van der Waals surface area contributed by atoms with Crippen LogP contribution < -0.4 is 10.1 Å². The van der Waals surface area contributed by atoms with E-state index in [4.69, 9.17) is 16.3 Å². The Morgan fingerprint density at radius 1 is 1.08 bits per heavy atom. The Balaban J connectivity index is 1.20. The second-order valence-corrected chi connectivity index (χ2v) is 10.7. The highest BCUT2D eigenvalue weighted by Gasteiger charge is 2.29. The van der Waals surface area contributed by atoms with Gasteiger partial charge in [0.1, 0.15) is 17.3 Å². The maximum Gasteiger partial charge on any atom is 0.275 e. The maximum atomic E-state index is 14.0. The summed E-state index contributed by atoms with van der Waals surface area (Å²) in [5, 5.41) is 6.06. The summed E-state index contributed by atoms with van der Waals surface area (Å²) < 4.78 is 19.8. The van der Waals surface area contributed by atoms with Gasteiger partial charge in [0.15, 0.2) is 6.10 Å². The van der Waals surface area contributed by atoms with Crippen molar-refractivity contribution in [1.82, 2.24) is 9.88 Å². The quantitative estimate of drug-likeness (QED) is 0.262. The maximum absolute atomic E-state index is 14.0. The van der Waals surface area contributed by atoms with Crippen LogP contribution in [-0.2, 0) is 4.79 Å². The van der Waals surface area contributed by atoms with Crippen molar-refractivity contribution in [2.24, 2.45) is 0 Å². The molecule has 0 aliphatic carbocycles. The van der Waals surface area contributed by atoms with Crippen LogP contribution in [0.2, 0.25) is 5.02 Å². The molecule has 5 rings (SSSR count). The summed E-state index contributed by atoms with van der Waals surface area (Å²) in [5.41, 5.74) is 2.08. The van der Waals surface area contributed by atoms with Crippen LogP contribution in [0.25, 0.3) is 11.1 Å². The number of carbonyl (C=O) groups excluding carboxylic acids is 2. The predicted octanol–water partition coefficient (Wildman–Crippen LogP) is 7.03. The van der Waals surface area contributed by atoms with Gasteiger partial charge in [0.25, 0.3) is 11.8 Å². The van der Waals surface area contributed by atoms with E-state index < -0.39 is 11.9 Å². The molecular weight excluding hydrogens is 537 g/mol. The number of nitrogens with one attached hydrogen (secondary N) is 1. The molecule has 200 valence electrons. The van der Waals surface area contributed by atoms with Gasteiger partial charge in [0.05, 0.1) is 5.01 Å². The molecule has 2 amide bonds. The lowest BCUT2D eigenvalue weighted by Crippen LogP contribution is -2.44. The van der Waals surface area contributed by atoms with E-state index in [1.54, 1.807) is 42.6 Å². The third-order valence-corrected chi connectivity index (χ3v) is 7.96. The van der Waals surface area contributed by atoms with Crippen molar-refractivity contribution < 1.29 is 18.7 Å². The second-order valence-electron chi connectivity index (χ2n) is 9.39. The van der Waals surface area contributed by atoms with Crippen LogP contribution in [0.3, 0.4) is 0 Å². The highest BCUT2D eigenvalue weighted by atomic mass is 35.5. The summed E-state index contributed by atoms with van der Waals surface area (Å²) in [5.74, 6) is 0.0370. The summed E-state index contributed by atoms with van der Waals surface area (Å²) in [7, 11) is 0. The number of hydrogen-bond acceptors (Lipinski definition) is 5. The van der Waals surface area contributed by atoms with E-state index in [1.165, 1.54) is 23.5 Å². The summed E-state index contributed by atoms with van der Waals surface area (Å²) in [4.78, 5) is 32.4. The molecule has 39 heavy (non-hydrogen) atoms. The molecule has 2 heterocycles. The van der Waals surface area contributed by atoms with Crippen LogP contribution in [0, 0.1) is 5.82 Å². The number of anilines is 1. The molecule has 1 aromatic heterocycles. The third-order valence-electron chi connectivity index (χ3n) is 6.70. The monoisotopic (exact) mass is 563 g/mol. The average molecular weight is 564 g/mol. The molecular formula is C30H27ClFN3O3S. The van der Waals surface area contributed by atoms with E-state index in [0.29, 0.717) is 40.8 Å². The smallest absolute Gasteiger partial charge is 0.275 e. The van der Waals surface area contributed by atoms with Crippen molar-refractivity contribution in [3.8, 4) is 16.9 Å². The highest BCUT2D eigenvalue weighted by molar-refractivity contribution is 7.10. The van der Waals surface area contributed by atoms with Crippen molar-refractivity contribution in [3.63, 3.8) is 0 Å². The van der Waals surface area contributed by atoms with Crippen LogP contribution in [0.15, 0.2) is 78.2 Å². The first kappa shape index (κ1) is 26.8. The lowest BCUT2D eigenvalue weighted by molar-refractivity contribution is -0.139. The van der Waals surface area contributed by atoms with Gasteiger partial charge in [-0.2, -0.15) is 0 Å². The van der Waals surface area contributed by atoms with Crippen LogP contribution in [0.4, 0.5) is 10.1 Å². The molecule has 1 aliphatic rings. The Bertz CT molecular complexity index is 1450. The van der Waals surface area contributed by atoms with Crippen molar-refractivity contribution in [3.05, 3.63) is 99.7 Å². The highest BCUT2D eigenvalue weighted by Crippen LogP contribution is 2.33. The number of benzene rings is 3. The molecule has 1 atom stereocenters. The minimum absolute atomic E-state index is 0.0349. The molecule has 1 N–H and O–H groups in total. The van der Waals surface area contributed by atoms with E-state index >= 15 is 0 Å². The molecule has 6 nitrogen and oxygen atoms in total. The largest absolute Gasteiger partial charge is 0.481 e. The molecule has 0 radical (unpaired) electrons. The average Bonchev–Trinajstić information content (AvgIpc) is 3.45. The van der Waals surface area contributed by atoms with Gasteiger partial charge in [-0.3, -0.25) is 9.59 Å². The second kappa shape index (κ2) is 12.0. The van der Waals surface area contributed by atoms with Gasteiger partial charge in [0.2, 0.25) is 0 Å². The molecule has 1 unspecified atom stereocenters. The standard InChI is InChI=1S/C30H27ClFN3O3S/c1-19(38-24-5-3-2-4-6-24)30(37)35-15-13-21(14-16-35)29-34-27(18-39-29)28(36)33-26-12-11-23(32)17-25(26)20-7-9-22(31)10-8-20/h2-12,17-19,21H,13-16H2,1H3,(H,33,36). The number of halogens is 2. The number of carbonyl (C=O) groups is 2. The zero-order chi connectivity index (χ0) is 27.4. The number of ether oxygens (including phenoxy) is 1. The molecule has 3 aromatic carbocycles. The summed E-state index contributed by atoms with van der Waals surface area (Å²) in [6.07, 6.45) is 0.956. The zero-order valence-corrected chi connectivity index (χ0v) is 22.8. The van der Waals surface area contributed by atoms with Crippen LogP contribution >= 0.6 is 22.9 Å². The molecule has 0 saturated carbocycles. The van der Waals surface area contributed by atoms with Gasteiger partial charge in [-0.25, -0.2) is 9.37 Å². The Kier molecular flexibility index (Phi) is 8.24. The minimum atomic E-state index is -0.566. The molecule has 1 fully saturated rings. The van der Waals surface area contributed by atoms with E-state index in [0.717, 1.165) is 23.4 Å². The Hall–Kier alpha value is -3.75. The summed E-state index contributed by atoms with van der Waals surface area (Å²) in [6, 6.07) is 20.5. The normalized spacial score (nSPS) is 14.6. The first-order valence-corrected chi connectivity index (χ1v) is 14.0. The fourth-order valence-electron chi connectivity index (χ4n) is 4.62. The SMILES string of the molecule is CC(Oc1ccccc1)C(=O)N1CCC(c2nc(C(=O)Nc3ccc(F)cc3-c3ccc(Cl)cc3)cs2)CC1. The van der Waals surface area contributed by atoms with Crippen molar-refractivity contribution in [2.45, 2.75) is 31.8 Å². The number of amides is 2. The predicted molar refractivity (Wildman–Crippen MR) is 152 cm³/mol. The molecule has 1 saturated heterocycles. The Morgan fingerprint density at radius 3 is 2.51 bits per heavy atom. The lowest BCUT2D eigenvalue weighted by atomic mass is 9.97. The van der Waals surface area contributed by atoms with E-state index in [-0.39, 0.29) is 17.7 Å². The van der Waals surface area contributed by atoms with Gasteiger partial charge in [0, 0.05) is 40.7 Å². The lowest BCUT2D eigenvalue weighted by Gasteiger charge is -2.32. The Labute approximate surface area is 235 Å². The number of rotatable bonds is 7. The number of para-hydroxylation sites is 1. The fourth-order valence-corrected chi connectivity index (χ4v) is 5.71. The first-order chi connectivity index (χ1) is 18.9. The molecule has 9 heteroatoms. The minimum Gasteiger partial charge on any atom is -0.481 e. The summed E-state index contributed by atoms with van der Waals surface area (Å²) in [6.45, 7) is 2.98. The molecule has 1 aliphatic heterocycles. The number of likely N-dealkylation sites (tertiary alicyclic amines) is 1. The van der Waals surface area contributed by atoms with E-state index in [2.05, 4.69) is 10.3 Å². The van der Waals surface area contributed by atoms with Crippen LogP contribution in [0.1, 0.15) is 41.2 Å². The van der Waals surface area contributed by atoms with E-state index in [1.807, 2.05) is 35.2 Å². The number of piperidine rings is 1. The first-order valence-electron chi connectivity index (χ1n) is 12.7. The molecule has 0 bridgehead atoms. The number of aromatic nitrogens is 1. The number of thiazole rings is 1. The van der Waals surface area contributed by atoms with Crippen LogP contribution in [0.5, 0.6) is 5.75 Å². The van der Waals surface area contributed by atoms with Gasteiger partial charge in [-0.15, -0.1) is 11.3 Å². The van der Waals surface area contributed by atoms with Crippen LogP contribution in [-0.4, -0.2) is 40.9 Å². The zero-order valence-electron chi connectivity index (χ0n) is 21.3. The van der Waals surface area contributed by atoms with Gasteiger partial charge in [-0.1, -0.05) is 41.9 Å². The van der Waals surface area contributed by atoms with Crippen molar-refractivity contribution >= 4 is 40.4 Å².